The molecule has 132 valence electrons. The Morgan fingerprint density at radius 3 is 2.44 bits per heavy atom. The van der Waals surface area contributed by atoms with Crippen LogP contribution in [0.2, 0.25) is 0 Å². The molecule has 3 fully saturated rings. The zero-order chi connectivity index (χ0) is 17.6. The van der Waals surface area contributed by atoms with E-state index in [9.17, 15) is 19.7 Å². The summed E-state index contributed by atoms with van der Waals surface area (Å²) in [5.41, 5.74) is -0.847. The lowest BCUT2D eigenvalue weighted by molar-refractivity contribution is -0.385. The first kappa shape index (κ1) is 15.9. The molecule has 1 aromatic carbocycles. The third kappa shape index (κ3) is 2.61. The zero-order valence-electron chi connectivity index (χ0n) is 13.6. The van der Waals surface area contributed by atoms with E-state index >= 15 is 0 Å². The molecule has 1 aliphatic heterocycles. The average Bonchev–Trinajstić information content (AvgIpc) is 3.48. The number of ether oxygens (including phenoxy) is 1. The minimum Gasteiger partial charge on any atom is -0.485 e. The van der Waals surface area contributed by atoms with Crippen LogP contribution in [0.3, 0.4) is 0 Å². The first-order valence-electron chi connectivity index (χ1n) is 8.54. The van der Waals surface area contributed by atoms with E-state index in [0.29, 0.717) is 0 Å². The number of hydrogen-bond donors (Lipinski definition) is 1. The highest BCUT2D eigenvalue weighted by molar-refractivity contribution is 6.08. The number of rotatable bonds is 7. The summed E-state index contributed by atoms with van der Waals surface area (Å²) in [4.78, 5) is 36.9. The van der Waals surface area contributed by atoms with Gasteiger partial charge in [-0.25, -0.2) is 4.79 Å². The number of carbonyl (C=O) groups excluding carboxylic acids is 2. The van der Waals surface area contributed by atoms with Crippen molar-refractivity contribution >= 4 is 17.6 Å². The van der Waals surface area contributed by atoms with Crippen LogP contribution < -0.4 is 10.1 Å². The average molecular weight is 345 g/mol. The predicted molar refractivity (Wildman–Crippen MR) is 87.0 cm³/mol. The molecule has 2 aliphatic carbocycles. The highest BCUT2D eigenvalue weighted by Crippen LogP contribution is 2.54. The molecule has 8 heteroatoms. The smallest absolute Gasteiger partial charge is 0.325 e. The molecule has 0 radical (unpaired) electrons. The van der Waals surface area contributed by atoms with Gasteiger partial charge in [-0.05, 0) is 43.6 Å². The molecule has 1 saturated heterocycles. The van der Waals surface area contributed by atoms with Crippen molar-refractivity contribution in [2.75, 3.05) is 13.2 Å². The molecule has 1 aromatic rings. The van der Waals surface area contributed by atoms with E-state index in [0.717, 1.165) is 25.7 Å². The molecular formula is C17H19N3O5. The van der Waals surface area contributed by atoms with Crippen LogP contribution in [-0.2, 0) is 4.79 Å². The maximum Gasteiger partial charge on any atom is 0.325 e. The van der Waals surface area contributed by atoms with Gasteiger partial charge in [-0.2, -0.15) is 0 Å². The van der Waals surface area contributed by atoms with Gasteiger partial charge in [0.25, 0.3) is 5.91 Å². The SMILES string of the molecule is O=C1NC(C2CC2)(C2CC2)C(=O)N1CCOc1ccccc1[N+](=O)[O-]. The molecule has 2 saturated carbocycles. The Morgan fingerprint density at radius 2 is 1.84 bits per heavy atom. The number of imide groups is 1. The van der Waals surface area contributed by atoms with Gasteiger partial charge in [-0.1, -0.05) is 12.1 Å². The fourth-order valence-electron chi connectivity index (χ4n) is 3.76. The number of nitro benzene ring substituents is 1. The molecule has 0 bridgehead atoms. The number of para-hydroxylation sites is 2. The zero-order valence-corrected chi connectivity index (χ0v) is 13.6. The molecule has 3 amide bonds. The standard InChI is InChI=1S/C17H19N3O5/c21-15-17(11-5-6-11,12-7-8-12)18-16(22)19(15)9-10-25-14-4-2-1-3-13(14)20(23)24/h1-4,11-12H,5-10H2,(H,18,22). The predicted octanol–water partition coefficient (Wildman–Crippen LogP) is 2.08. The van der Waals surface area contributed by atoms with Gasteiger partial charge in [0.15, 0.2) is 5.75 Å². The third-order valence-corrected chi connectivity index (χ3v) is 5.23. The van der Waals surface area contributed by atoms with Crippen molar-refractivity contribution in [3.63, 3.8) is 0 Å². The van der Waals surface area contributed by atoms with Gasteiger partial charge in [0.05, 0.1) is 11.5 Å². The highest BCUT2D eigenvalue weighted by Gasteiger charge is 2.65. The van der Waals surface area contributed by atoms with Gasteiger partial charge in [-0.15, -0.1) is 0 Å². The molecule has 0 unspecified atom stereocenters. The molecule has 25 heavy (non-hydrogen) atoms. The van der Waals surface area contributed by atoms with E-state index in [1.807, 2.05) is 0 Å². The fraction of sp³-hybridized carbons (Fsp3) is 0.529. The van der Waals surface area contributed by atoms with Crippen molar-refractivity contribution in [1.82, 2.24) is 10.2 Å². The summed E-state index contributed by atoms with van der Waals surface area (Å²) in [5.74, 6) is 0.471. The van der Waals surface area contributed by atoms with E-state index in [4.69, 9.17) is 4.74 Å². The van der Waals surface area contributed by atoms with Gasteiger partial charge >= 0.3 is 11.7 Å². The summed E-state index contributed by atoms with van der Waals surface area (Å²) >= 11 is 0. The van der Waals surface area contributed by atoms with Gasteiger partial charge in [-0.3, -0.25) is 19.8 Å². The number of hydrogen-bond acceptors (Lipinski definition) is 5. The number of nitro groups is 1. The topological polar surface area (TPSA) is 102 Å². The molecule has 3 aliphatic rings. The van der Waals surface area contributed by atoms with E-state index in [2.05, 4.69) is 5.32 Å². The normalized spacial score (nSPS) is 22.0. The summed E-state index contributed by atoms with van der Waals surface area (Å²) in [7, 11) is 0. The van der Waals surface area contributed by atoms with E-state index < -0.39 is 10.5 Å². The van der Waals surface area contributed by atoms with Crippen LogP contribution >= 0.6 is 0 Å². The van der Waals surface area contributed by atoms with Gasteiger partial charge in [0.1, 0.15) is 12.1 Å². The van der Waals surface area contributed by atoms with Crippen molar-refractivity contribution < 1.29 is 19.2 Å². The first-order chi connectivity index (χ1) is 12.0. The fourth-order valence-corrected chi connectivity index (χ4v) is 3.76. The van der Waals surface area contributed by atoms with Crippen LogP contribution in [0.5, 0.6) is 5.75 Å². The highest BCUT2D eigenvalue weighted by atomic mass is 16.6. The molecule has 8 nitrogen and oxygen atoms in total. The number of nitrogens with zero attached hydrogens (tertiary/aromatic N) is 2. The number of carbonyl (C=O) groups is 2. The molecule has 0 atom stereocenters. The Morgan fingerprint density at radius 1 is 1.20 bits per heavy atom. The number of benzene rings is 1. The van der Waals surface area contributed by atoms with Crippen molar-refractivity contribution in [2.24, 2.45) is 11.8 Å². The maximum absolute atomic E-state index is 12.9. The molecule has 0 spiro atoms. The minimum atomic E-state index is -0.712. The Hall–Kier alpha value is -2.64. The molecule has 4 rings (SSSR count). The Kier molecular flexibility index (Phi) is 3.63. The van der Waals surface area contributed by atoms with Gasteiger partial charge < -0.3 is 10.1 Å². The van der Waals surface area contributed by atoms with Crippen molar-refractivity contribution in [3.05, 3.63) is 34.4 Å². The van der Waals surface area contributed by atoms with Crippen LogP contribution in [0.25, 0.3) is 0 Å². The Labute approximate surface area is 144 Å². The second kappa shape index (κ2) is 5.72. The van der Waals surface area contributed by atoms with Crippen molar-refractivity contribution in [3.8, 4) is 5.75 Å². The summed E-state index contributed by atoms with van der Waals surface area (Å²) in [5, 5.41) is 13.9. The third-order valence-electron chi connectivity index (χ3n) is 5.23. The quantitative estimate of drug-likeness (QED) is 0.463. The molecule has 0 aromatic heterocycles. The van der Waals surface area contributed by atoms with Gasteiger partial charge in [0.2, 0.25) is 0 Å². The maximum atomic E-state index is 12.9. The van der Waals surface area contributed by atoms with E-state index in [-0.39, 0.29) is 48.4 Å². The molecule has 1 N–H and O–H groups in total. The van der Waals surface area contributed by atoms with Crippen LogP contribution in [0.15, 0.2) is 24.3 Å². The van der Waals surface area contributed by atoms with Crippen LogP contribution in [-0.4, -0.2) is 40.5 Å². The largest absolute Gasteiger partial charge is 0.485 e. The van der Waals surface area contributed by atoms with E-state index in [1.165, 1.54) is 17.0 Å². The lowest BCUT2D eigenvalue weighted by Gasteiger charge is -2.26. The Balaban J connectivity index is 1.43. The number of urea groups is 1. The van der Waals surface area contributed by atoms with Crippen molar-refractivity contribution in [2.45, 2.75) is 31.2 Å². The summed E-state index contributed by atoms with van der Waals surface area (Å²) in [6, 6.07) is 5.68. The minimum absolute atomic E-state index is 0.0232. The lowest BCUT2D eigenvalue weighted by atomic mass is 9.87. The van der Waals surface area contributed by atoms with Crippen LogP contribution in [0.1, 0.15) is 25.7 Å². The Bertz CT molecular complexity index is 730. The second-order valence-corrected chi connectivity index (χ2v) is 6.88. The van der Waals surface area contributed by atoms with Crippen LogP contribution in [0.4, 0.5) is 10.5 Å². The monoisotopic (exact) mass is 345 g/mol. The second-order valence-electron chi connectivity index (χ2n) is 6.88. The number of nitrogens with one attached hydrogen (secondary N) is 1. The lowest BCUT2D eigenvalue weighted by Crippen LogP contribution is -2.51. The molecular weight excluding hydrogens is 326 g/mol. The van der Waals surface area contributed by atoms with Gasteiger partial charge in [0, 0.05) is 6.07 Å². The summed E-state index contributed by atoms with van der Waals surface area (Å²) in [6.45, 7) is 0.104. The van der Waals surface area contributed by atoms with Crippen LogP contribution in [0, 0.1) is 22.0 Å². The summed E-state index contributed by atoms with van der Waals surface area (Å²) in [6.07, 6.45) is 3.90. The first-order valence-corrected chi connectivity index (χ1v) is 8.54. The number of amides is 3. The summed E-state index contributed by atoms with van der Waals surface area (Å²) < 4.78 is 5.46. The van der Waals surface area contributed by atoms with Crippen molar-refractivity contribution in [1.29, 1.82) is 0 Å². The van der Waals surface area contributed by atoms with E-state index in [1.54, 1.807) is 12.1 Å². The molecule has 1 heterocycles.